The van der Waals surface area contributed by atoms with Gasteiger partial charge >= 0.3 is 11.9 Å². The number of rotatable bonds is 8. The Hall–Kier alpha value is -2.15. The molecule has 1 aromatic rings. The topological polar surface area (TPSA) is 86.7 Å². The molecule has 1 rings (SSSR count). The van der Waals surface area contributed by atoms with Gasteiger partial charge in [-0.2, -0.15) is 0 Å². The van der Waals surface area contributed by atoms with Crippen LogP contribution < -0.4 is 0 Å². The molecule has 1 unspecified atom stereocenters. The minimum absolute atomic E-state index is 0.0521. The van der Waals surface area contributed by atoms with Gasteiger partial charge in [-0.05, 0) is 32.9 Å². The summed E-state index contributed by atoms with van der Waals surface area (Å²) in [5.41, 5.74) is 0. The fourth-order valence-electron chi connectivity index (χ4n) is 2.21. The predicted molar refractivity (Wildman–Crippen MR) is 88.8 cm³/mol. The third kappa shape index (κ3) is 4.92. The number of allylic oxidation sites excluding steroid dienone is 1. The molecule has 0 radical (unpaired) electrons. The fourth-order valence-corrected chi connectivity index (χ4v) is 3.86. The molecule has 24 heavy (non-hydrogen) atoms. The minimum Gasteiger partial charge on any atom is -0.466 e. The summed E-state index contributed by atoms with van der Waals surface area (Å²) in [6, 6.07) is 7.74. The standard InChI is InChI=1S/C17H22O6S/c1-4-15(24(20,21)13-10-8-7-9-11-13)14(17(19)23-6-3)12-16(18)22-5-2/h4,7-11,14H,5-6,12H2,1-3H3/b15-4+. The molecule has 0 aliphatic rings. The van der Waals surface area contributed by atoms with Crippen molar-refractivity contribution in [2.75, 3.05) is 13.2 Å². The molecular weight excluding hydrogens is 332 g/mol. The number of hydrogen-bond acceptors (Lipinski definition) is 6. The van der Waals surface area contributed by atoms with Crippen LogP contribution in [0.4, 0.5) is 0 Å². The van der Waals surface area contributed by atoms with E-state index in [9.17, 15) is 18.0 Å². The predicted octanol–water partition coefficient (Wildman–Crippen LogP) is 2.50. The van der Waals surface area contributed by atoms with Gasteiger partial charge in [0.05, 0.1) is 29.4 Å². The van der Waals surface area contributed by atoms with Gasteiger partial charge in [-0.15, -0.1) is 0 Å². The maximum absolute atomic E-state index is 12.8. The van der Waals surface area contributed by atoms with E-state index in [-0.39, 0.29) is 23.0 Å². The average molecular weight is 354 g/mol. The Morgan fingerprint density at radius 2 is 1.67 bits per heavy atom. The van der Waals surface area contributed by atoms with Crippen LogP contribution in [0.25, 0.3) is 0 Å². The maximum atomic E-state index is 12.8. The number of hydrogen-bond donors (Lipinski definition) is 0. The first-order chi connectivity index (χ1) is 11.4. The van der Waals surface area contributed by atoms with Crippen molar-refractivity contribution in [1.82, 2.24) is 0 Å². The zero-order valence-electron chi connectivity index (χ0n) is 14.0. The quantitative estimate of drug-likeness (QED) is 0.667. The molecule has 132 valence electrons. The lowest BCUT2D eigenvalue weighted by Crippen LogP contribution is -2.27. The highest BCUT2D eigenvalue weighted by molar-refractivity contribution is 7.95. The third-order valence-corrected chi connectivity index (χ3v) is 5.27. The molecule has 0 saturated carbocycles. The van der Waals surface area contributed by atoms with Crippen LogP contribution in [0.15, 0.2) is 46.2 Å². The zero-order chi connectivity index (χ0) is 18.2. The molecule has 0 aliphatic heterocycles. The molecule has 0 aliphatic carbocycles. The molecule has 1 aromatic carbocycles. The number of esters is 2. The lowest BCUT2D eigenvalue weighted by molar-refractivity contribution is -0.153. The van der Waals surface area contributed by atoms with Crippen molar-refractivity contribution in [3.05, 3.63) is 41.3 Å². The highest BCUT2D eigenvalue weighted by Crippen LogP contribution is 2.29. The Morgan fingerprint density at radius 1 is 1.08 bits per heavy atom. The summed E-state index contributed by atoms with van der Waals surface area (Å²) in [5, 5.41) is 0. The van der Waals surface area contributed by atoms with Crippen molar-refractivity contribution in [2.45, 2.75) is 32.1 Å². The number of ether oxygens (including phenoxy) is 2. The second-order valence-electron chi connectivity index (χ2n) is 4.82. The van der Waals surface area contributed by atoms with Crippen LogP contribution in [0, 0.1) is 5.92 Å². The van der Waals surface area contributed by atoms with Gasteiger partial charge in [0.1, 0.15) is 5.92 Å². The highest BCUT2D eigenvalue weighted by atomic mass is 32.2. The lowest BCUT2D eigenvalue weighted by Gasteiger charge is -2.18. The number of carbonyl (C=O) groups excluding carboxylic acids is 2. The van der Waals surface area contributed by atoms with Crippen molar-refractivity contribution < 1.29 is 27.5 Å². The van der Waals surface area contributed by atoms with Gasteiger partial charge in [0.15, 0.2) is 0 Å². The van der Waals surface area contributed by atoms with Crippen LogP contribution in [0.3, 0.4) is 0 Å². The van der Waals surface area contributed by atoms with E-state index in [2.05, 4.69) is 0 Å². The Bertz CT molecular complexity index is 691. The first-order valence-corrected chi connectivity index (χ1v) is 9.15. The third-order valence-electron chi connectivity index (χ3n) is 3.24. The van der Waals surface area contributed by atoms with E-state index in [1.807, 2.05) is 0 Å². The van der Waals surface area contributed by atoms with Gasteiger partial charge in [-0.1, -0.05) is 24.3 Å². The van der Waals surface area contributed by atoms with Crippen LogP contribution in [-0.4, -0.2) is 33.6 Å². The lowest BCUT2D eigenvalue weighted by atomic mass is 10.1. The van der Waals surface area contributed by atoms with Crippen molar-refractivity contribution in [2.24, 2.45) is 5.92 Å². The van der Waals surface area contributed by atoms with Gasteiger partial charge in [0.2, 0.25) is 9.84 Å². The van der Waals surface area contributed by atoms with Crippen molar-refractivity contribution in [1.29, 1.82) is 0 Å². The Kier molecular flexibility index (Phi) is 7.64. The van der Waals surface area contributed by atoms with E-state index in [0.717, 1.165) is 0 Å². The van der Waals surface area contributed by atoms with Gasteiger partial charge in [-0.25, -0.2) is 8.42 Å². The molecule has 0 heterocycles. The summed E-state index contributed by atoms with van der Waals surface area (Å²) in [6.07, 6.45) is 0.932. The van der Waals surface area contributed by atoms with Crippen LogP contribution in [0.2, 0.25) is 0 Å². The van der Waals surface area contributed by atoms with Crippen LogP contribution in [0.5, 0.6) is 0 Å². The molecule has 0 spiro atoms. The molecule has 0 saturated heterocycles. The molecule has 0 bridgehead atoms. The molecule has 6 nitrogen and oxygen atoms in total. The monoisotopic (exact) mass is 354 g/mol. The number of carbonyl (C=O) groups is 2. The van der Waals surface area contributed by atoms with Crippen molar-refractivity contribution in [3.8, 4) is 0 Å². The van der Waals surface area contributed by atoms with E-state index in [4.69, 9.17) is 9.47 Å². The molecule has 1 atom stereocenters. The van der Waals surface area contributed by atoms with Crippen LogP contribution in [0.1, 0.15) is 27.2 Å². The second kappa shape index (κ2) is 9.22. The van der Waals surface area contributed by atoms with E-state index in [1.165, 1.54) is 25.1 Å². The first kappa shape index (κ1) is 19.9. The average Bonchev–Trinajstić information content (AvgIpc) is 2.55. The minimum atomic E-state index is -3.92. The van der Waals surface area contributed by atoms with E-state index >= 15 is 0 Å². The summed E-state index contributed by atoms with van der Waals surface area (Å²) in [5.74, 6) is -2.66. The summed E-state index contributed by atoms with van der Waals surface area (Å²) in [4.78, 5) is 23.9. The van der Waals surface area contributed by atoms with Gasteiger partial charge in [-0.3, -0.25) is 9.59 Å². The Balaban J connectivity index is 3.26. The number of sulfone groups is 1. The molecule has 0 fully saturated rings. The maximum Gasteiger partial charge on any atom is 0.314 e. The summed E-state index contributed by atoms with van der Waals surface area (Å²) in [6.45, 7) is 4.98. The normalized spacial score (nSPS) is 13.2. The van der Waals surface area contributed by atoms with Gasteiger partial charge < -0.3 is 9.47 Å². The summed E-state index contributed by atoms with van der Waals surface area (Å²) >= 11 is 0. The van der Waals surface area contributed by atoms with Crippen LogP contribution >= 0.6 is 0 Å². The molecule has 7 heteroatoms. The smallest absolute Gasteiger partial charge is 0.314 e. The summed E-state index contributed by atoms with van der Waals surface area (Å²) in [7, 11) is -3.92. The number of benzene rings is 1. The zero-order valence-corrected chi connectivity index (χ0v) is 14.8. The Morgan fingerprint density at radius 3 is 2.17 bits per heavy atom. The summed E-state index contributed by atoms with van der Waals surface area (Å²) < 4.78 is 35.4. The fraction of sp³-hybridized carbons (Fsp3) is 0.412. The molecule has 0 aromatic heterocycles. The first-order valence-electron chi connectivity index (χ1n) is 7.67. The molecule has 0 N–H and O–H groups in total. The van der Waals surface area contributed by atoms with Crippen LogP contribution in [-0.2, 0) is 28.9 Å². The SMILES string of the molecule is C/C=C(\C(CC(=O)OCC)C(=O)OCC)S(=O)(=O)c1ccccc1. The Labute approximate surface area is 142 Å². The van der Waals surface area contributed by atoms with E-state index in [1.54, 1.807) is 32.0 Å². The van der Waals surface area contributed by atoms with Gasteiger partial charge in [0, 0.05) is 0 Å². The van der Waals surface area contributed by atoms with E-state index < -0.39 is 34.1 Å². The second-order valence-corrected chi connectivity index (χ2v) is 6.77. The van der Waals surface area contributed by atoms with Crippen molar-refractivity contribution in [3.63, 3.8) is 0 Å². The molecular formula is C17H22O6S. The van der Waals surface area contributed by atoms with Crippen molar-refractivity contribution >= 4 is 21.8 Å². The largest absolute Gasteiger partial charge is 0.466 e. The molecule has 0 amide bonds. The van der Waals surface area contributed by atoms with Gasteiger partial charge in [0.25, 0.3) is 0 Å². The highest BCUT2D eigenvalue weighted by Gasteiger charge is 2.35. The van der Waals surface area contributed by atoms with E-state index in [0.29, 0.717) is 0 Å².